The van der Waals surface area contributed by atoms with Crippen molar-refractivity contribution >= 4 is 17.8 Å². The fourth-order valence-corrected chi connectivity index (χ4v) is 2.24. The Morgan fingerprint density at radius 3 is 2.40 bits per heavy atom. The molecule has 0 saturated carbocycles. The van der Waals surface area contributed by atoms with Crippen molar-refractivity contribution in [2.45, 2.75) is 39.2 Å². The highest BCUT2D eigenvalue weighted by Gasteiger charge is 2.28. The molecule has 0 aliphatic carbocycles. The molecule has 1 aliphatic rings. The molecule has 112 valence electrons. The average Bonchev–Trinajstić information content (AvgIpc) is 2.42. The summed E-state index contributed by atoms with van der Waals surface area (Å²) in [5.41, 5.74) is 0. The van der Waals surface area contributed by atoms with Gasteiger partial charge in [0.2, 0.25) is 11.8 Å². The Morgan fingerprint density at radius 1 is 1.35 bits per heavy atom. The van der Waals surface area contributed by atoms with Gasteiger partial charge >= 0.3 is 5.97 Å². The van der Waals surface area contributed by atoms with Gasteiger partial charge in [0.05, 0.1) is 0 Å². The van der Waals surface area contributed by atoms with Crippen LogP contribution in [0.5, 0.6) is 0 Å². The van der Waals surface area contributed by atoms with E-state index in [1.54, 1.807) is 24.0 Å². The Bertz CT molecular complexity index is 398. The van der Waals surface area contributed by atoms with Crippen LogP contribution in [0.3, 0.4) is 0 Å². The minimum atomic E-state index is -1.03. The maximum Gasteiger partial charge on any atom is 0.326 e. The normalized spacial score (nSPS) is 18.0. The molecule has 0 aromatic carbocycles. The molecular weight excluding hydrogens is 260 g/mol. The summed E-state index contributed by atoms with van der Waals surface area (Å²) >= 11 is 0. The lowest BCUT2D eigenvalue weighted by atomic mass is 9.95. The predicted molar refractivity (Wildman–Crippen MR) is 74.0 cm³/mol. The fraction of sp³-hybridized carbons (Fsp3) is 0.643. The molecule has 2 N–H and O–H groups in total. The van der Waals surface area contributed by atoms with Gasteiger partial charge in [-0.05, 0) is 26.2 Å². The lowest BCUT2D eigenvalue weighted by Crippen LogP contribution is -2.47. The zero-order valence-corrected chi connectivity index (χ0v) is 12.0. The quantitative estimate of drug-likeness (QED) is 0.730. The standard InChI is InChI=1S/C14H22N2O4/c1-3-4-5-12(14(19)20)15-13(18)11-6-8-16(9-7-11)10(2)17/h3-4,11-12H,5-9H2,1-2H3,(H,15,18)(H,19,20)/b4-3+. The zero-order chi connectivity index (χ0) is 15.1. The van der Waals surface area contributed by atoms with Crippen LogP contribution < -0.4 is 5.32 Å². The van der Waals surface area contributed by atoms with Gasteiger partial charge < -0.3 is 15.3 Å². The van der Waals surface area contributed by atoms with E-state index in [1.165, 1.54) is 6.92 Å². The van der Waals surface area contributed by atoms with E-state index in [1.807, 2.05) is 0 Å². The van der Waals surface area contributed by atoms with Gasteiger partial charge in [-0.25, -0.2) is 4.79 Å². The van der Waals surface area contributed by atoms with Crippen molar-refractivity contribution in [1.29, 1.82) is 0 Å². The molecule has 20 heavy (non-hydrogen) atoms. The minimum absolute atomic E-state index is 0.0142. The lowest BCUT2D eigenvalue weighted by Gasteiger charge is -2.31. The van der Waals surface area contributed by atoms with Crippen molar-refractivity contribution in [2.24, 2.45) is 5.92 Å². The van der Waals surface area contributed by atoms with Crippen molar-refractivity contribution in [2.75, 3.05) is 13.1 Å². The number of carboxylic acids is 1. The van der Waals surface area contributed by atoms with Gasteiger partial charge in [-0.15, -0.1) is 0 Å². The molecule has 1 fully saturated rings. The third kappa shape index (κ3) is 4.68. The van der Waals surface area contributed by atoms with E-state index in [9.17, 15) is 14.4 Å². The molecule has 0 radical (unpaired) electrons. The number of amides is 2. The second-order valence-electron chi connectivity index (χ2n) is 4.98. The lowest BCUT2D eigenvalue weighted by molar-refractivity contribution is -0.142. The van der Waals surface area contributed by atoms with Crippen molar-refractivity contribution in [1.82, 2.24) is 10.2 Å². The van der Waals surface area contributed by atoms with Crippen molar-refractivity contribution in [3.05, 3.63) is 12.2 Å². The van der Waals surface area contributed by atoms with Crippen LogP contribution in [0.15, 0.2) is 12.2 Å². The smallest absolute Gasteiger partial charge is 0.326 e. The molecule has 0 bridgehead atoms. The summed E-state index contributed by atoms with van der Waals surface area (Å²) in [5.74, 6) is -1.46. The zero-order valence-electron chi connectivity index (χ0n) is 12.0. The van der Waals surface area contributed by atoms with E-state index in [0.29, 0.717) is 25.9 Å². The van der Waals surface area contributed by atoms with Crippen LogP contribution in [0.1, 0.15) is 33.1 Å². The number of piperidine rings is 1. The van der Waals surface area contributed by atoms with Crippen LogP contribution in [0.25, 0.3) is 0 Å². The first kappa shape index (κ1) is 16.2. The molecule has 1 unspecified atom stereocenters. The number of hydrogen-bond acceptors (Lipinski definition) is 3. The first-order valence-corrected chi connectivity index (χ1v) is 6.85. The molecule has 1 aliphatic heterocycles. The molecule has 0 aromatic rings. The Hall–Kier alpha value is -1.85. The van der Waals surface area contributed by atoms with E-state index < -0.39 is 12.0 Å². The first-order valence-electron chi connectivity index (χ1n) is 6.85. The molecule has 1 rings (SSSR count). The third-order valence-electron chi connectivity index (χ3n) is 3.53. The van der Waals surface area contributed by atoms with E-state index in [-0.39, 0.29) is 24.2 Å². The van der Waals surface area contributed by atoms with Crippen LogP contribution in [0.2, 0.25) is 0 Å². The Balaban J connectivity index is 2.49. The summed E-state index contributed by atoms with van der Waals surface area (Å²) in [4.78, 5) is 36.0. The summed E-state index contributed by atoms with van der Waals surface area (Å²) in [7, 11) is 0. The summed E-state index contributed by atoms with van der Waals surface area (Å²) in [5, 5.41) is 11.6. The van der Waals surface area contributed by atoms with Crippen molar-refractivity contribution in [3.63, 3.8) is 0 Å². The molecule has 2 amide bonds. The summed E-state index contributed by atoms with van der Waals surface area (Å²) < 4.78 is 0. The van der Waals surface area contributed by atoms with Crippen LogP contribution >= 0.6 is 0 Å². The number of nitrogens with zero attached hydrogens (tertiary/aromatic N) is 1. The number of likely N-dealkylation sites (tertiary alicyclic amines) is 1. The Labute approximate surface area is 118 Å². The van der Waals surface area contributed by atoms with Gasteiger partial charge in [-0.1, -0.05) is 12.2 Å². The van der Waals surface area contributed by atoms with Crippen molar-refractivity contribution in [3.8, 4) is 0 Å². The predicted octanol–water partition coefficient (Wildman–Crippen LogP) is 0.780. The summed E-state index contributed by atoms with van der Waals surface area (Å²) in [6.45, 7) is 4.43. The highest BCUT2D eigenvalue weighted by atomic mass is 16.4. The highest BCUT2D eigenvalue weighted by molar-refractivity contribution is 5.85. The maximum absolute atomic E-state index is 12.1. The van der Waals surface area contributed by atoms with Crippen LogP contribution in [0.4, 0.5) is 0 Å². The van der Waals surface area contributed by atoms with Gasteiger partial charge in [0.1, 0.15) is 6.04 Å². The van der Waals surface area contributed by atoms with Gasteiger partial charge in [0.15, 0.2) is 0 Å². The van der Waals surface area contributed by atoms with E-state index in [4.69, 9.17) is 5.11 Å². The molecular formula is C14H22N2O4. The topological polar surface area (TPSA) is 86.7 Å². The second-order valence-corrected chi connectivity index (χ2v) is 4.98. The molecule has 0 spiro atoms. The van der Waals surface area contributed by atoms with Crippen LogP contribution in [-0.2, 0) is 14.4 Å². The highest BCUT2D eigenvalue weighted by Crippen LogP contribution is 2.17. The Kier molecular flexibility index (Phi) is 6.21. The fourth-order valence-electron chi connectivity index (χ4n) is 2.24. The molecule has 6 nitrogen and oxygen atoms in total. The third-order valence-corrected chi connectivity index (χ3v) is 3.53. The van der Waals surface area contributed by atoms with Crippen LogP contribution in [0, 0.1) is 5.92 Å². The van der Waals surface area contributed by atoms with Gasteiger partial charge in [0.25, 0.3) is 0 Å². The number of nitrogens with one attached hydrogen (secondary N) is 1. The van der Waals surface area contributed by atoms with E-state index >= 15 is 0 Å². The number of aliphatic carboxylic acids is 1. The monoisotopic (exact) mass is 282 g/mol. The molecule has 1 saturated heterocycles. The minimum Gasteiger partial charge on any atom is -0.480 e. The summed E-state index contributed by atoms with van der Waals surface area (Å²) in [6, 6.07) is -0.885. The SMILES string of the molecule is C/C=C/CC(NC(=O)C1CCN(C(C)=O)CC1)C(=O)O. The number of allylic oxidation sites excluding steroid dienone is 1. The molecule has 6 heteroatoms. The van der Waals surface area contributed by atoms with Gasteiger partial charge in [-0.2, -0.15) is 0 Å². The number of hydrogen-bond donors (Lipinski definition) is 2. The van der Waals surface area contributed by atoms with Crippen molar-refractivity contribution < 1.29 is 19.5 Å². The van der Waals surface area contributed by atoms with Crippen LogP contribution in [-0.4, -0.2) is 46.9 Å². The summed E-state index contributed by atoms with van der Waals surface area (Å²) in [6.07, 6.45) is 4.93. The number of carbonyl (C=O) groups excluding carboxylic acids is 2. The number of carboxylic acid groups (broad SMARTS) is 1. The number of carbonyl (C=O) groups is 3. The van der Waals surface area contributed by atoms with E-state index in [2.05, 4.69) is 5.32 Å². The second kappa shape index (κ2) is 7.67. The first-order chi connectivity index (χ1) is 9.45. The molecule has 1 atom stereocenters. The maximum atomic E-state index is 12.1. The molecule has 1 heterocycles. The molecule has 0 aromatic heterocycles. The number of rotatable bonds is 5. The van der Waals surface area contributed by atoms with Gasteiger partial charge in [0, 0.05) is 25.9 Å². The largest absolute Gasteiger partial charge is 0.480 e. The average molecular weight is 282 g/mol. The van der Waals surface area contributed by atoms with E-state index in [0.717, 1.165) is 0 Å². The Morgan fingerprint density at radius 2 is 1.95 bits per heavy atom. The van der Waals surface area contributed by atoms with Gasteiger partial charge in [-0.3, -0.25) is 9.59 Å².